The molecule has 1 saturated heterocycles. The number of likely N-dealkylation sites (N-methyl/N-ethyl adjacent to an activating group) is 1. The second-order valence-corrected chi connectivity index (χ2v) is 6.00. The molecule has 122 valence electrons. The van der Waals surface area contributed by atoms with Crippen LogP contribution in [0.15, 0.2) is 30.5 Å². The number of rotatable bonds is 4. The fourth-order valence-electron chi connectivity index (χ4n) is 2.86. The van der Waals surface area contributed by atoms with Crippen molar-refractivity contribution in [3.05, 3.63) is 36.0 Å². The van der Waals surface area contributed by atoms with Gasteiger partial charge in [0.2, 0.25) is 11.8 Å². The number of aromatic nitrogens is 1. The van der Waals surface area contributed by atoms with Gasteiger partial charge in [-0.05, 0) is 18.7 Å². The highest BCUT2D eigenvalue weighted by Crippen LogP contribution is 2.17. The molecule has 0 spiro atoms. The molecule has 3 rings (SSSR count). The highest BCUT2D eigenvalue weighted by molar-refractivity contribution is 5.90. The van der Waals surface area contributed by atoms with Crippen LogP contribution in [-0.2, 0) is 16.0 Å². The van der Waals surface area contributed by atoms with E-state index in [-0.39, 0.29) is 24.8 Å². The number of hydrogen-bond donors (Lipinski definition) is 2. The van der Waals surface area contributed by atoms with Crippen molar-refractivity contribution in [3.63, 3.8) is 0 Å². The first-order chi connectivity index (χ1) is 11.1. The summed E-state index contributed by atoms with van der Waals surface area (Å²) in [6.45, 7) is 3.30. The minimum atomic E-state index is -0.128. The molecule has 0 unspecified atom stereocenters. The number of fused-ring (bicyclic) bond motifs is 1. The lowest BCUT2D eigenvalue weighted by Crippen LogP contribution is -2.50. The van der Waals surface area contributed by atoms with Crippen molar-refractivity contribution in [2.75, 3.05) is 39.8 Å². The Morgan fingerprint density at radius 3 is 2.70 bits per heavy atom. The number of para-hydroxylation sites is 1. The van der Waals surface area contributed by atoms with Crippen molar-refractivity contribution in [1.82, 2.24) is 20.1 Å². The number of aromatic amines is 1. The molecule has 23 heavy (non-hydrogen) atoms. The highest BCUT2D eigenvalue weighted by atomic mass is 16.2. The minimum Gasteiger partial charge on any atom is -0.361 e. The maximum absolute atomic E-state index is 12.1. The third-order valence-electron chi connectivity index (χ3n) is 4.32. The summed E-state index contributed by atoms with van der Waals surface area (Å²) in [5.41, 5.74) is 1.97. The van der Waals surface area contributed by atoms with Gasteiger partial charge in [-0.2, -0.15) is 0 Å². The van der Waals surface area contributed by atoms with Crippen LogP contribution in [0.4, 0.5) is 0 Å². The number of carbonyl (C=O) groups excluding carboxylic acids is 2. The Labute approximate surface area is 135 Å². The summed E-state index contributed by atoms with van der Waals surface area (Å²) in [6.07, 6.45) is 2.13. The van der Waals surface area contributed by atoms with Gasteiger partial charge in [0, 0.05) is 43.3 Å². The average Bonchev–Trinajstić information content (AvgIpc) is 2.96. The first-order valence-electron chi connectivity index (χ1n) is 7.91. The fraction of sp³-hybridized carbons (Fsp3) is 0.412. The first kappa shape index (κ1) is 15.6. The van der Waals surface area contributed by atoms with Gasteiger partial charge in [0.25, 0.3) is 0 Å². The summed E-state index contributed by atoms with van der Waals surface area (Å²) in [7, 11) is 2.05. The van der Waals surface area contributed by atoms with E-state index < -0.39 is 0 Å². The van der Waals surface area contributed by atoms with Crippen LogP contribution in [0.1, 0.15) is 5.56 Å². The van der Waals surface area contributed by atoms with Crippen LogP contribution in [0, 0.1) is 0 Å². The van der Waals surface area contributed by atoms with Crippen LogP contribution in [-0.4, -0.2) is 66.4 Å². The smallest absolute Gasteiger partial charge is 0.242 e. The Morgan fingerprint density at radius 1 is 1.17 bits per heavy atom. The highest BCUT2D eigenvalue weighted by Gasteiger charge is 2.19. The molecule has 0 aliphatic carbocycles. The lowest BCUT2D eigenvalue weighted by Gasteiger charge is -2.32. The molecule has 0 saturated carbocycles. The largest absolute Gasteiger partial charge is 0.361 e. The van der Waals surface area contributed by atoms with E-state index in [1.54, 1.807) is 0 Å². The van der Waals surface area contributed by atoms with E-state index >= 15 is 0 Å². The summed E-state index contributed by atoms with van der Waals surface area (Å²) in [5.74, 6) is -0.136. The predicted octanol–water partition coefficient (Wildman–Crippen LogP) is 0.601. The van der Waals surface area contributed by atoms with E-state index in [0.29, 0.717) is 0 Å². The Kier molecular flexibility index (Phi) is 4.62. The number of carbonyl (C=O) groups is 2. The Morgan fingerprint density at radius 2 is 1.91 bits per heavy atom. The number of benzene rings is 1. The zero-order chi connectivity index (χ0) is 16.2. The molecule has 0 atom stereocenters. The number of nitrogens with one attached hydrogen (secondary N) is 2. The van der Waals surface area contributed by atoms with Crippen LogP contribution in [0.2, 0.25) is 0 Å². The standard InChI is InChI=1S/C17H22N4O2/c1-20-6-8-21(9-7-20)17(23)12-19-16(22)10-13-11-18-15-5-3-2-4-14(13)15/h2-5,11,18H,6-10,12H2,1H3,(H,19,22). The van der Waals surface area contributed by atoms with Gasteiger partial charge < -0.3 is 20.1 Å². The third-order valence-corrected chi connectivity index (χ3v) is 4.32. The van der Waals surface area contributed by atoms with Crippen LogP contribution < -0.4 is 5.32 Å². The normalized spacial score (nSPS) is 15.8. The molecule has 2 N–H and O–H groups in total. The van der Waals surface area contributed by atoms with E-state index in [1.165, 1.54) is 0 Å². The van der Waals surface area contributed by atoms with Gasteiger partial charge in [0.05, 0.1) is 13.0 Å². The molecule has 6 heteroatoms. The van der Waals surface area contributed by atoms with Crippen molar-refractivity contribution in [2.45, 2.75) is 6.42 Å². The van der Waals surface area contributed by atoms with Crippen LogP contribution in [0.3, 0.4) is 0 Å². The van der Waals surface area contributed by atoms with Crippen molar-refractivity contribution >= 4 is 22.7 Å². The van der Waals surface area contributed by atoms with Crippen molar-refractivity contribution in [3.8, 4) is 0 Å². The Balaban J connectivity index is 1.51. The number of hydrogen-bond acceptors (Lipinski definition) is 3. The second-order valence-electron chi connectivity index (χ2n) is 6.00. The topological polar surface area (TPSA) is 68.4 Å². The molecule has 1 aliphatic rings. The molecule has 1 fully saturated rings. The van der Waals surface area contributed by atoms with Gasteiger partial charge in [-0.3, -0.25) is 9.59 Å². The van der Waals surface area contributed by atoms with E-state index in [0.717, 1.165) is 42.6 Å². The predicted molar refractivity (Wildman–Crippen MR) is 89.1 cm³/mol. The number of nitrogens with zero attached hydrogens (tertiary/aromatic N) is 2. The SMILES string of the molecule is CN1CCN(C(=O)CNC(=O)Cc2c[nH]c3ccccc23)CC1. The molecule has 0 radical (unpaired) electrons. The molecule has 1 aromatic carbocycles. The second kappa shape index (κ2) is 6.83. The van der Waals surface area contributed by atoms with E-state index in [4.69, 9.17) is 0 Å². The molecule has 2 heterocycles. The zero-order valence-corrected chi connectivity index (χ0v) is 13.3. The number of piperazine rings is 1. The molecule has 0 bridgehead atoms. The maximum atomic E-state index is 12.1. The van der Waals surface area contributed by atoms with Crippen molar-refractivity contribution in [1.29, 1.82) is 0 Å². The summed E-state index contributed by atoms with van der Waals surface area (Å²) >= 11 is 0. The van der Waals surface area contributed by atoms with Crippen molar-refractivity contribution in [2.24, 2.45) is 0 Å². The summed E-state index contributed by atoms with van der Waals surface area (Å²) < 4.78 is 0. The van der Waals surface area contributed by atoms with Gasteiger partial charge in [0.15, 0.2) is 0 Å². The van der Waals surface area contributed by atoms with E-state index in [1.807, 2.05) is 42.4 Å². The fourth-order valence-corrected chi connectivity index (χ4v) is 2.86. The zero-order valence-electron chi connectivity index (χ0n) is 13.3. The van der Waals surface area contributed by atoms with E-state index in [2.05, 4.69) is 15.2 Å². The van der Waals surface area contributed by atoms with Gasteiger partial charge in [0.1, 0.15) is 0 Å². The van der Waals surface area contributed by atoms with Crippen LogP contribution >= 0.6 is 0 Å². The molecule has 1 aliphatic heterocycles. The minimum absolute atomic E-state index is 0.00891. The van der Waals surface area contributed by atoms with Gasteiger partial charge in [-0.15, -0.1) is 0 Å². The van der Waals surface area contributed by atoms with Crippen LogP contribution in [0.25, 0.3) is 10.9 Å². The van der Waals surface area contributed by atoms with E-state index in [9.17, 15) is 9.59 Å². The number of amides is 2. The molecule has 6 nitrogen and oxygen atoms in total. The lowest BCUT2D eigenvalue weighted by molar-refractivity contribution is -0.134. The lowest BCUT2D eigenvalue weighted by atomic mass is 10.1. The van der Waals surface area contributed by atoms with Crippen molar-refractivity contribution < 1.29 is 9.59 Å². The average molecular weight is 314 g/mol. The molecule has 2 amide bonds. The Hall–Kier alpha value is -2.34. The first-order valence-corrected chi connectivity index (χ1v) is 7.91. The van der Waals surface area contributed by atoms with Crippen LogP contribution in [0.5, 0.6) is 0 Å². The Bertz CT molecular complexity index is 701. The summed E-state index contributed by atoms with van der Waals surface area (Å²) in [4.78, 5) is 31.4. The molecular formula is C17H22N4O2. The molecule has 1 aromatic heterocycles. The van der Waals surface area contributed by atoms with Gasteiger partial charge >= 0.3 is 0 Å². The quantitative estimate of drug-likeness (QED) is 0.868. The summed E-state index contributed by atoms with van der Waals surface area (Å²) in [5, 5.41) is 3.79. The number of H-pyrrole nitrogens is 1. The molecular weight excluding hydrogens is 292 g/mol. The summed E-state index contributed by atoms with van der Waals surface area (Å²) in [6, 6.07) is 7.88. The van der Waals surface area contributed by atoms with Gasteiger partial charge in [-0.1, -0.05) is 18.2 Å². The molecule has 2 aromatic rings. The maximum Gasteiger partial charge on any atom is 0.242 e. The monoisotopic (exact) mass is 314 g/mol. The third kappa shape index (κ3) is 3.71. The van der Waals surface area contributed by atoms with Gasteiger partial charge in [-0.25, -0.2) is 0 Å².